The van der Waals surface area contributed by atoms with Gasteiger partial charge in [0.1, 0.15) is 17.5 Å². The number of sulfonamides is 1. The van der Waals surface area contributed by atoms with Crippen molar-refractivity contribution in [2.75, 3.05) is 19.0 Å². The number of hydrogen-bond acceptors (Lipinski definition) is 6. The first-order chi connectivity index (χ1) is 13.7. The van der Waals surface area contributed by atoms with Gasteiger partial charge in [0.05, 0.1) is 23.0 Å². The zero-order valence-corrected chi connectivity index (χ0v) is 16.9. The molecule has 154 valence electrons. The number of nitrogens with zero attached hydrogens (tertiary/aromatic N) is 2. The van der Waals surface area contributed by atoms with Gasteiger partial charge in [0.2, 0.25) is 15.9 Å². The van der Waals surface area contributed by atoms with Crippen molar-refractivity contribution in [3.63, 3.8) is 0 Å². The summed E-state index contributed by atoms with van der Waals surface area (Å²) in [5, 5.41) is 14.2. The van der Waals surface area contributed by atoms with Crippen molar-refractivity contribution in [1.82, 2.24) is 4.31 Å². The van der Waals surface area contributed by atoms with Gasteiger partial charge in [-0.1, -0.05) is 11.6 Å². The molecular formula is C18H18ClN3O6S. The summed E-state index contributed by atoms with van der Waals surface area (Å²) in [7, 11) is -2.55. The van der Waals surface area contributed by atoms with E-state index in [1.165, 1.54) is 49.6 Å². The van der Waals surface area contributed by atoms with Crippen LogP contribution < -0.4 is 10.1 Å². The molecule has 0 bridgehead atoms. The number of ether oxygens (including phenoxy) is 1. The topological polar surface area (TPSA) is 119 Å². The summed E-state index contributed by atoms with van der Waals surface area (Å²) < 4.78 is 32.0. The molecule has 0 aromatic heterocycles. The van der Waals surface area contributed by atoms with E-state index in [-0.39, 0.29) is 28.6 Å². The van der Waals surface area contributed by atoms with Gasteiger partial charge in [0.25, 0.3) is 5.69 Å². The molecule has 9 nitrogen and oxygen atoms in total. The van der Waals surface area contributed by atoms with Crippen molar-refractivity contribution in [3.05, 3.63) is 57.6 Å². The number of nitrogens with one attached hydrogen (secondary N) is 1. The molecule has 1 atom stereocenters. The van der Waals surface area contributed by atoms with E-state index < -0.39 is 26.9 Å². The lowest BCUT2D eigenvalue weighted by atomic mass is 10.2. The van der Waals surface area contributed by atoms with Gasteiger partial charge in [-0.3, -0.25) is 14.9 Å². The summed E-state index contributed by atoms with van der Waals surface area (Å²) in [6.07, 6.45) is 0.804. The third kappa shape index (κ3) is 4.34. The second-order valence-electron chi connectivity index (χ2n) is 6.36. The van der Waals surface area contributed by atoms with Crippen molar-refractivity contribution in [2.45, 2.75) is 23.8 Å². The highest BCUT2D eigenvalue weighted by Crippen LogP contribution is 2.31. The quantitative estimate of drug-likeness (QED) is 0.545. The van der Waals surface area contributed by atoms with E-state index in [1.54, 1.807) is 0 Å². The minimum atomic E-state index is -3.92. The number of nitro groups is 1. The number of amides is 1. The Morgan fingerprint density at radius 2 is 1.97 bits per heavy atom. The van der Waals surface area contributed by atoms with Crippen LogP contribution in [0.3, 0.4) is 0 Å². The Kier molecular flexibility index (Phi) is 6.06. The zero-order chi connectivity index (χ0) is 21.2. The largest absolute Gasteiger partial charge is 0.496 e. The number of halogens is 1. The molecule has 0 saturated carbocycles. The summed E-state index contributed by atoms with van der Waals surface area (Å²) in [6.45, 7) is 0.174. The van der Waals surface area contributed by atoms with Crippen LogP contribution in [0.25, 0.3) is 0 Å². The molecular weight excluding hydrogens is 422 g/mol. The van der Waals surface area contributed by atoms with Crippen LogP contribution in [-0.2, 0) is 14.8 Å². The summed E-state index contributed by atoms with van der Waals surface area (Å²) in [6, 6.07) is 8.70. The first-order valence-corrected chi connectivity index (χ1v) is 10.5. The van der Waals surface area contributed by atoms with Crippen LogP contribution >= 0.6 is 11.6 Å². The van der Waals surface area contributed by atoms with Crippen LogP contribution in [-0.4, -0.2) is 43.2 Å². The Morgan fingerprint density at radius 3 is 2.59 bits per heavy atom. The lowest BCUT2D eigenvalue weighted by Crippen LogP contribution is -2.43. The van der Waals surface area contributed by atoms with Gasteiger partial charge < -0.3 is 10.1 Å². The first kappa shape index (κ1) is 21.0. The van der Waals surface area contributed by atoms with Crippen LogP contribution in [0.15, 0.2) is 47.4 Å². The molecule has 1 unspecified atom stereocenters. The summed E-state index contributed by atoms with van der Waals surface area (Å²) in [5.41, 5.74) is -0.376. The van der Waals surface area contributed by atoms with E-state index in [1.807, 2.05) is 0 Å². The maximum Gasteiger partial charge on any atom is 0.296 e. The molecule has 1 N–H and O–H groups in total. The fraction of sp³-hybridized carbons (Fsp3) is 0.278. The molecule has 3 rings (SSSR count). The fourth-order valence-electron chi connectivity index (χ4n) is 3.14. The molecule has 1 saturated heterocycles. The number of hydrogen-bond donors (Lipinski definition) is 1. The SMILES string of the molecule is COc1ccc(NC(=O)C2CCCN2S(=O)(=O)c2ccc(Cl)cc2)c([N+](=O)[O-])c1. The van der Waals surface area contributed by atoms with Crippen molar-refractivity contribution in [2.24, 2.45) is 0 Å². The Balaban J connectivity index is 1.86. The zero-order valence-electron chi connectivity index (χ0n) is 15.4. The van der Waals surface area contributed by atoms with Crippen molar-refractivity contribution >= 4 is 38.9 Å². The number of carbonyl (C=O) groups excluding carboxylic acids is 1. The van der Waals surface area contributed by atoms with Crippen molar-refractivity contribution < 1.29 is 22.9 Å². The highest BCUT2D eigenvalue weighted by atomic mass is 35.5. The van der Waals surface area contributed by atoms with Crippen LogP contribution in [0.1, 0.15) is 12.8 Å². The van der Waals surface area contributed by atoms with Crippen molar-refractivity contribution in [3.8, 4) is 5.75 Å². The van der Waals surface area contributed by atoms with Gasteiger partial charge in [0, 0.05) is 11.6 Å². The second-order valence-corrected chi connectivity index (χ2v) is 8.68. The molecule has 2 aromatic carbocycles. The molecule has 1 aliphatic heterocycles. The summed E-state index contributed by atoms with van der Waals surface area (Å²) >= 11 is 5.82. The van der Waals surface area contributed by atoms with Crippen LogP contribution in [0.2, 0.25) is 5.02 Å². The summed E-state index contributed by atoms with van der Waals surface area (Å²) in [5.74, 6) is -0.365. The van der Waals surface area contributed by atoms with Gasteiger partial charge >= 0.3 is 0 Å². The average molecular weight is 440 g/mol. The highest BCUT2D eigenvalue weighted by molar-refractivity contribution is 7.89. The van der Waals surface area contributed by atoms with E-state index in [0.717, 1.165) is 4.31 Å². The molecule has 1 fully saturated rings. The smallest absolute Gasteiger partial charge is 0.296 e. The van der Waals surface area contributed by atoms with Crippen LogP contribution in [0, 0.1) is 10.1 Å². The van der Waals surface area contributed by atoms with Gasteiger partial charge in [-0.15, -0.1) is 0 Å². The standard InChI is InChI=1S/C18H18ClN3O6S/c1-28-13-6-9-15(17(11-13)22(24)25)20-18(23)16-3-2-10-21(16)29(26,27)14-7-4-12(19)5-8-14/h4-9,11,16H,2-3,10H2,1H3,(H,20,23). The molecule has 0 spiro atoms. The van der Waals surface area contributed by atoms with Crippen LogP contribution in [0.4, 0.5) is 11.4 Å². The molecule has 1 aliphatic rings. The molecule has 1 heterocycles. The highest BCUT2D eigenvalue weighted by Gasteiger charge is 2.39. The Bertz CT molecular complexity index is 1040. The predicted octanol–water partition coefficient (Wildman–Crippen LogP) is 3.05. The minimum Gasteiger partial charge on any atom is -0.496 e. The third-order valence-electron chi connectivity index (χ3n) is 4.59. The van der Waals surface area contributed by atoms with Gasteiger partial charge in [-0.25, -0.2) is 8.42 Å². The molecule has 11 heteroatoms. The second kappa shape index (κ2) is 8.36. The van der Waals surface area contributed by atoms with E-state index >= 15 is 0 Å². The molecule has 29 heavy (non-hydrogen) atoms. The summed E-state index contributed by atoms with van der Waals surface area (Å²) in [4.78, 5) is 23.5. The molecule has 2 aromatic rings. The fourth-order valence-corrected chi connectivity index (χ4v) is 4.93. The minimum absolute atomic E-state index is 0.0250. The number of methoxy groups -OCH3 is 1. The van der Waals surface area contributed by atoms with E-state index in [0.29, 0.717) is 17.9 Å². The maximum atomic E-state index is 12.9. The van der Waals surface area contributed by atoms with Crippen molar-refractivity contribution in [1.29, 1.82) is 0 Å². The lowest BCUT2D eigenvalue weighted by Gasteiger charge is -2.23. The Labute approximate surface area is 172 Å². The van der Waals surface area contributed by atoms with Gasteiger partial charge in [0.15, 0.2) is 0 Å². The average Bonchev–Trinajstić information content (AvgIpc) is 3.19. The number of nitro benzene ring substituents is 1. The number of rotatable bonds is 6. The lowest BCUT2D eigenvalue weighted by molar-refractivity contribution is -0.384. The number of anilines is 1. The van der Waals surface area contributed by atoms with E-state index in [9.17, 15) is 23.3 Å². The normalized spacial score (nSPS) is 17.1. The maximum absolute atomic E-state index is 12.9. The monoisotopic (exact) mass is 439 g/mol. The molecule has 1 amide bonds. The Hall–Kier alpha value is -2.69. The van der Waals surface area contributed by atoms with Gasteiger partial charge in [-0.2, -0.15) is 4.31 Å². The van der Waals surface area contributed by atoms with Gasteiger partial charge in [-0.05, 0) is 49.2 Å². The van der Waals surface area contributed by atoms with Crippen LogP contribution in [0.5, 0.6) is 5.75 Å². The number of carbonyl (C=O) groups is 1. The predicted molar refractivity (Wildman–Crippen MR) is 107 cm³/mol. The Morgan fingerprint density at radius 1 is 1.28 bits per heavy atom. The first-order valence-electron chi connectivity index (χ1n) is 8.65. The molecule has 0 radical (unpaired) electrons. The number of benzene rings is 2. The van der Waals surface area contributed by atoms with E-state index in [4.69, 9.17) is 16.3 Å². The third-order valence-corrected chi connectivity index (χ3v) is 6.76. The van der Waals surface area contributed by atoms with E-state index in [2.05, 4.69) is 5.32 Å². The molecule has 0 aliphatic carbocycles.